The van der Waals surface area contributed by atoms with E-state index in [9.17, 15) is 21.6 Å². The van der Waals surface area contributed by atoms with Gasteiger partial charge in [0.05, 0.1) is 23.1 Å². The zero-order valence-electron chi connectivity index (χ0n) is 13.3. The van der Waals surface area contributed by atoms with Crippen LogP contribution in [0, 0.1) is 0 Å². The molecule has 1 heterocycles. The molecule has 7 nitrogen and oxygen atoms in total. The van der Waals surface area contributed by atoms with Gasteiger partial charge in [0.2, 0.25) is 0 Å². The highest BCUT2D eigenvalue weighted by atomic mass is 35.7. The largest absolute Gasteiger partial charge is 0.465 e. The molecule has 0 radical (unpaired) electrons. The molecule has 2 aromatic carbocycles. The first-order chi connectivity index (χ1) is 12.2. The van der Waals surface area contributed by atoms with Crippen LogP contribution in [0.2, 0.25) is 0 Å². The molecule has 0 N–H and O–H groups in total. The first kappa shape index (κ1) is 18.4. The quantitative estimate of drug-likeness (QED) is 0.481. The van der Waals surface area contributed by atoms with Crippen molar-refractivity contribution < 1.29 is 26.4 Å². The molecule has 0 saturated carbocycles. The van der Waals surface area contributed by atoms with Gasteiger partial charge in [0.15, 0.2) is 0 Å². The monoisotopic (exact) mass is 413 g/mol. The van der Waals surface area contributed by atoms with Gasteiger partial charge in [-0.3, -0.25) is 0 Å². The Morgan fingerprint density at radius 1 is 1.00 bits per heavy atom. The summed E-state index contributed by atoms with van der Waals surface area (Å²) in [6.45, 7) is 0. The molecule has 0 aliphatic rings. The highest BCUT2D eigenvalue weighted by Crippen LogP contribution is 2.33. The van der Waals surface area contributed by atoms with E-state index in [2.05, 4.69) is 4.74 Å². The molecule has 3 rings (SSSR count). The van der Waals surface area contributed by atoms with Crippen LogP contribution >= 0.6 is 10.7 Å². The number of esters is 1. The normalized spacial score (nSPS) is 12.2. The molecule has 0 amide bonds. The zero-order chi connectivity index (χ0) is 19.1. The summed E-state index contributed by atoms with van der Waals surface area (Å²) in [4.78, 5) is 11.5. The van der Waals surface area contributed by atoms with E-state index >= 15 is 0 Å². The molecular formula is C16H12ClNO6S2. The summed E-state index contributed by atoms with van der Waals surface area (Å²) >= 11 is 0. The van der Waals surface area contributed by atoms with Crippen LogP contribution in [0.25, 0.3) is 10.9 Å². The summed E-state index contributed by atoms with van der Waals surface area (Å²) < 4.78 is 55.3. The maximum absolute atomic E-state index is 12.9. The lowest BCUT2D eigenvalue weighted by atomic mass is 10.1. The summed E-state index contributed by atoms with van der Waals surface area (Å²) in [7, 11) is -1.84. The average molecular weight is 414 g/mol. The highest BCUT2D eigenvalue weighted by molar-refractivity contribution is 8.14. The van der Waals surface area contributed by atoms with E-state index < -0.39 is 29.9 Å². The van der Waals surface area contributed by atoms with Gasteiger partial charge >= 0.3 is 5.97 Å². The lowest BCUT2D eigenvalue weighted by Crippen LogP contribution is -2.12. The Kier molecular flexibility index (Phi) is 4.55. The summed E-state index contributed by atoms with van der Waals surface area (Å²) in [5.41, 5.74) is -0.109. The van der Waals surface area contributed by atoms with Gasteiger partial charge in [-0.1, -0.05) is 24.3 Å². The molecule has 0 spiro atoms. The van der Waals surface area contributed by atoms with Crippen molar-refractivity contribution in [1.82, 2.24) is 3.97 Å². The summed E-state index contributed by atoms with van der Waals surface area (Å²) in [5, 5.41) is -0.117. The number of fused-ring (bicyclic) bond motifs is 1. The van der Waals surface area contributed by atoms with Crippen LogP contribution in [0.1, 0.15) is 10.4 Å². The topological polar surface area (TPSA) is 99.5 Å². The van der Waals surface area contributed by atoms with Gasteiger partial charge in [0, 0.05) is 22.3 Å². The third-order valence-corrected chi connectivity index (χ3v) is 6.75. The summed E-state index contributed by atoms with van der Waals surface area (Å²) in [5.74, 6) is -0.813. The predicted octanol–water partition coefficient (Wildman–Crippen LogP) is 2.59. The maximum Gasteiger partial charge on any atom is 0.338 e. The van der Waals surface area contributed by atoms with Gasteiger partial charge in [0.1, 0.15) is 4.90 Å². The van der Waals surface area contributed by atoms with Crippen molar-refractivity contribution in [1.29, 1.82) is 0 Å². The fourth-order valence-corrected chi connectivity index (χ4v) is 5.08. The van der Waals surface area contributed by atoms with E-state index in [1.807, 2.05) is 0 Å². The minimum atomic E-state index is -4.34. The lowest BCUT2D eigenvalue weighted by molar-refractivity contribution is 0.0603. The predicted molar refractivity (Wildman–Crippen MR) is 95.3 cm³/mol. The SMILES string of the molecule is COC(=O)c1cccc2c1c(S(=O)(=O)Cl)cn2S(=O)(=O)c1ccccc1. The van der Waals surface area contributed by atoms with Gasteiger partial charge in [-0.2, -0.15) is 0 Å². The van der Waals surface area contributed by atoms with Crippen LogP contribution in [0.4, 0.5) is 0 Å². The molecule has 0 unspecified atom stereocenters. The third kappa shape index (κ3) is 2.98. The van der Waals surface area contributed by atoms with Crippen LogP contribution in [0.15, 0.2) is 64.5 Å². The number of halogens is 1. The number of benzene rings is 2. The molecule has 0 aliphatic carbocycles. The standard InChI is InChI=1S/C16H12ClNO6S2/c1-24-16(19)12-8-5-9-13-15(12)14(25(17,20)21)10-18(13)26(22,23)11-6-3-2-4-7-11/h2-10H,1H3. The highest BCUT2D eigenvalue weighted by Gasteiger charge is 2.28. The Labute approximate surface area is 154 Å². The Morgan fingerprint density at radius 3 is 2.23 bits per heavy atom. The van der Waals surface area contributed by atoms with Gasteiger partial charge in [-0.15, -0.1) is 0 Å². The molecule has 10 heteroatoms. The number of ether oxygens (including phenoxy) is 1. The first-order valence-corrected chi connectivity index (χ1v) is 10.9. The molecule has 3 aromatic rings. The van der Waals surface area contributed by atoms with Crippen molar-refractivity contribution in [2.75, 3.05) is 7.11 Å². The average Bonchev–Trinajstić information content (AvgIpc) is 3.02. The van der Waals surface area contributed by atoms with Crippen molar-refractivity contribution in [2.24, 2.45) is 0 Å². The number of carbonyl (C=O) groups excluding carboxylic acids is 1. The fraction of sp³-hybridized carbons (Fsp3) is 0.0625. The second-order valence-corrected chi connectivity index (χ2v) is 9.59. The molecule has 1 aromatic heterocycles. The number of hydrogen-bond donors (Lipinski definition) is 0. The smallest absolute Gasteiger partial charge is 0.338 e. The Balaban J connectivity index is 2.45. The van der Waals surface area contributed by atoms with Crippen molar-refractivity contribution in [2.45, 2.75) is 9.79 Å². The Bertz CT molecular complexity index is 1210. The second-order valence-electron chi connectivity index (χ2n) is 5.24. The minimum absolute atomic E-state index is 0.00372. The van der Waals surface area contributed by atoms with E-state index in [-0.39, 0.29) is 21.4 Å². The first-order valence-electron chi connectivity index (χ1n) is 7.15. The number of nitrogens with zero attached hydrogens (tertiary/aromatic N) is 1. The number of hydrogen-bond acceptors (Lipinski definition) is 6. The van der Waals surface area contributed by atoms with E-state index in [0.717, 1.165) is 17.3 Å². The van der Waals surface area contributed by atoms with Crippen molar-refractivity contribution in [3.63, 3.8) is 0 Å². The third-order valence-electron chi connectivity index (χ3n) is 3.73. The van der Waals surface area contributed by atoms with Gasteiger partial charge < -0.3 is 4.74 Å². The molecule has 0 aliphatic heterocycles. The number of aromatic nitrogens is 1. The maximum atomic E-state index is 12.9. The van der Waals surface area contributed by atoms with Gasteiger partial charge in [-0.25, -0.2) is 25.6 Å². The molecule has 26 heavy (non-hydrogen) atoms. The van der Waals surface area contributed by atoms with Gasteiger partial charge in [-0.05, 0) is 24.3 Å². The fourth-order valence-electron chi connectivity index (χ4n) is 2.59. The lowest BCUT2D eigenvalue weighted by Gasteiger charge is -2.08. The molecule has 136 valence electrons. The van der Waals surface area contributed by atoms with Crippen molar-refractivity contribution in [3.8, 4) is 0 Å². The molecule has 0 saturated heterocycles. The summed E-state index contributed by atoms with van der Waals surface area (Å²) in [6, 6.07) is 11.6. The molecular weight excluding hydrogens is 402 g/mol. The molecule has 0 atom stereocenters. The number of carbonyl (C=O) groups is 1. The zero-order valence-corrected chi connectivity index (χ0v) is 15.7. The van der Waals surface area contributed by atoms with Crippen molar-refractivity contribution in [3.05, 3.63) is 60.3 Å². The number of rotatable bonds is 4. The molecule has 0 bridgehead atoms. The van der Waals surface area contributed by atoms with Crippen LogP contribution in [0.3, 0.4) is 0 Å². The Morgan fingerprint density at radius 2 is 1.65 bits per heavy atom. The van der Waals surface area contributed by atoms with Gasteiger partial charge in [0.25, 0.3) is 19.1 Å². The van der Waals surface area contributed by atoms with E-state index in [0.29, 0.717) is 0 Å². The van der Waals surface area contributed by atoms with E-state index in [1.54, 1.807) is 6.07 Å². The van der Waals surface area contributed by atoms with Crippen LogP contribution in [-0.2, 0) is 23.8 Å². The van der Waals surface area contributed by atoms with Crippen LogP contribution in [-0.4, -0.2) is 33.9 Å². The summed E-state index contributed by atoms with van der Waals surface area (Å²) in [6.07, 6.45) is 0.891. The Hall–Kier alpha value is -2.36. The van der Waals surface area contributed by atoms with Crippen LogP contribution in [0.5, 0.6) is 0 Å². The van der Waals surface area contributed by atoms with E-state index in [4.69, 9.17) is 10.7 Å². The second kappa shape index (κ2) is 6.42. The van der Waals surface area contributed by atoms with E-state index in [1.165, 1.54) is 42.5 Å². The van der Waals surface area contributed by atoms with Crippen LogP contribution < -0.4 is 0 Å². The van der Waals surface area contributed by atoms with Crippen molar-refractivity contribution >= 4 is 46.6 Å². The number of methoxy groups -OCH3 is 1. The minimum Gasteiger partial charge on any atom is -0.465 e. The molecule has 0 fully saturated rings.